The minimum Gasteiger partial charge on any atom is -0.487 e. The molecule has 1 aliphatic rings. The SMILES string of the molecule is CC1(Cc2ccc(C(C)(C)C)cc2)Cc2cc(C(=O)N(CC(=O)O)Cc3ccc(C(F)(F)F)cc3)ccc2O1. The van der Waals surface area contributed by atoms with E-state index in [2.05, 4.69) is 45.0 Å². The number of amides is 1. The maximum Gasteiger partial charge on any atom is 0.416 e. The summed E-state index contributed by atoms with van der Waals surface area (Å²) in [6, 6.07) is 17.8. The van der Waals surface area contributed by atoms with Gasteiger partial charge in [-0.3, -0.25) is 9.59 Å². The maximum absolute atomic E-state index is 13.3. The smallest absolute Gasteiger partial charge is 0.416 e. The van der Waals surface area contributed by atoms with Crippen molar-refractivity contribution >= 4 is 11.9 Å². The summed E-state index contributed by atoms with van der Waals surface area (Å²) in [7, 11) is 0. The van der Waals surface area contributed by atoms with Gasteiger partial charge in [0, 0.05) is 24.9 Å². The summed E-state index contributed by atoms with van der Waals surface area (Å²) < 4.78 is 45.0. The average molecular weight is 540 g/mol. The van der Waals surface area contributed by atoms with Gasteiger partial charge in [-0.2, -0.15) is 13.2 Å². The number of hydrogen-bond acceptors (Lipinski definition) is 3. The Morgan fingerprint density at radius 2 is 1.51 bits per heavy atom. The third kappa shape index (κ3) is 6.80. The molecule has 1 heterocycles. The third-order valence-corrected chi connectivity index (χ3v) is 6.89. The van der Waals surface area contributed by atoms with Gasteiger partial charge >= 0.3 is 12.1 Å². The molecule has 8 heteroatoms. The minimum atomic E-state index is -4.48. The first-order valence-electron chi connectivity index (χ1n) is 12.7. The fourth-order valence-corrected chi connectivity index (χ4v) is 4.87. The van der Waals surface area contributed by atoms with E-state index in [-0.39, 0.29) is 12.0 Å². The molecule has 0 aromatic heterocycles. The van der Waals surface area contributed by atoms with E-state index in [0.29, 0.717) is 29.7 Å². The van der Waals surface area contributed by atoms with Gasteiger partial charge in [0.05, 0.1) is 5.56 Å². The molecule has 4 rings (SSSR count). The Balaban J connectivity index is 1.49. The van der Waals surface area contributed by atoms with E-state index in [4.69, 9.17) is 4.74 Å². The Bertz CT molecular complexity index is 1360. The summed E-state index contributed by atoms with van der Waals surface area (Å²) in [5.41, 5.74) is 2.67. The number of carbonyl (C=O) groups is 2. The molecule has 0 aliphatic carbocycles. The predicted molar refractivity (Wildman–Crippen MR) is 142 cm³/mol. The minimum absolute atomic E-state index is 0.0620. The van der Waals surface area contributed by atoms with Crippen LogP contribution >= 0.6 is 0 Å². The van der Waals surface area contributed by atoms with Crippen molar-refractivity contribution in [2.24, 2.45) is 0 Å². The zero-order chi connectivity index (χ0) is 28.6. The monoisotopic (exact) mass is 539 g/mol. The molecule has 1 amide bonds. The number of hydrogen-bond donors (Lipinski definition) is 1. The third-order valence-electron chi connectivity index (χ3n) is 6.89. The fraction of sp³-hybridized carbons (Fsp3) is 0.355. The number of ether oxygens (including phenoxy) is 1. The number of benzene rings is 3. The van der Waals surface area contributed by atoms with Crippen LogP contribution in [-0.4, -0.2) is 34.0 Å². The van der Waals surface area contributed by atoms with Crippen molar-refractivity contribution in [2.75, 3.05) is 6.54 Å². The van der Waals surface area contributed by atoms with Crippen LogP contribution in [0.1, 0.15) is 65.9 Å². The van der Waals surface area contributed by atoms with Gasteiger partial charge in [0.2, 0.25) is 0 Å². The van der Waals surface area contributed by atoms with Gasteiger partial charge < -0.3 is 14.7 Å². The zero-order valence-corrected chi connectivity index (χ0v) is 22.4. The van der Waals surface area contributed by atoms with Crippen molar-refractivity contribution in [2.45, 2.75) is 64.3 Å². The van der Waals surface area contributed by atoms with Crippen molar-refractivity contribution in [3.05, 3.63) is 100 Å². The van der Waals surface area contributed by atoms with E-state index in [1.54, 1.807) is 18.2 Å². The molecule has 1 unspecified atom stereocenters. The van der Waals surface area contributed by atoms with Gasteiger partial charge in [0.1, 0.15) is 17.9 Å². The van der Waals surface area contributed by atoms with Crippen LogP contribution in [0.15, 0.2) is 66.7 Å². The number of carboxylic acid groups (broad SMARTS) is 1. The van der Waals surface area contributed by atoms with Crippen molar-refractivity contribution in [3.63, 3.8) is 0 Å². The van der Waals surface area contributed by atoms with Crippen LogP contribution in [0.2, 0.25) is 0 Å². The van der Waals surface area contributed by atoms with E-state index < -0.39 is 35.8 Å². The van der Waals surface area contributed by atoms with Crippen LogP contribution in [0.25, 0.3) is 0 Å². The van der Waals surface area contributed by atoms with Crippen molar-refractivity contribution in [1.29, 1.82) is 0 Å². The lowest BCUT2D eigenvalue weighted by atomic mass is 9.85. The molecule has 0 bridgehead atoms. The second kappa shape index (κ2) is 10.4. The summed E-state index contributed by atoms with van der Waals surface area (Å²) in [5, 5.41) is 9.37. The zero-order valence-electron chi connectivity index (χ0n) is 22.4. The van der Waals surface area contributed by atoms with Gasteiger partial charge in [0.15, 0.2) is 0 Å². The van der Waals surface area contributed by atoms with E-state index in [1.807, 2.05) is 6.92 Å². The summed E-state index contributed by atoms with van der Waals surface area (Å²) in [5.74, 6) is -1.07. The Labute approximate surface area is 226 Å². The Hall–Kier alpha value is -3.81. The van der Waals surface area contributed by atoms with E-state index >= 15 is 0 Å². The summed E-state index contributed by atoms with van der Waals surface area (Å²) in [4.78, 5) is 25.9. The average Bonchev–Trinajstić information content (AvgIpc) is 3.17. The number of aliphatic carboxylic acids is 1. The first kappa shape index (κ1) is 28.2. The van der Waals surface area contributed by atoms with Crippen molar-refractivity contribution in [3.8, 4) is 5.75 Å². The topological polar surface area (TPSA) is 66.8 Å². The molecule has 39 heavy (non-hydrogen) atoms. The molecular formula is C31H32F3NO4. The molecule has 0 saturated heterocycles. The van der Waals surface area contributed by atoms with E-state index in [1.165, 1.54) is 17.7 Å². The van der Waals surface area contributed by atoms with Crippen LogP contribution in [-0.2, 0) is 35.8 Å². The normalized spacial score (nSPS) is 16.9. The van der Waals surface area contributed by atoms with Crippen LogP contribution in [0.3, 0.4) is 0 Å². The van der Waals surface area contributed by atoms with E-state index in [9.17, 15) is 27.9 Å². The van der Waals surface area contributed by atoms with Gasteiger partial charge in [-0.15, -0.1) is 0 Å². The number of carboxylic acids is 1. The summed E-state index contributed by atoms with van der Waals surface area (Å²) >= 11 is 0. The lowest BCUT2D eigenvalue weighted by molar-refractivity contribution is -0.138. The highest BCUT2D eigenvalue weighted by Crippen LogP contribution is 2.38. The molecule has 0 saturated carbocycles. The van der Waals surface area contributed by atoms with Gasteiger partial charge in [-0.1, -0.05) is 57.2 Å². The highest BCUT2D eigenvalue weighted by molar-refractivity contribution is 5.96. The number of alkyl halides is 3. The summed E-state index contributed by atoms with van der Waals surface area (Å²) in [6.45, 7) is 7.79. The first-order chi connectivity index (χ1) is 18.1. The first-order valence-corrected chi connectivity index (χ1v) is 12.7. The lowest BCUT2D eigenvalue weighted by Gasteiger charge is -2.25. The quantitative estimate of drug-likeness (QED) is 0.364. The molecule has 3 aromatic rings. The standard InChI is InChI=1S/C31H32F3NO4/c1-29(2,3)24-10-5-20(6-11-24)16-30(4)17-23-15-22(9-14-26(23)39-30)28(38)35(19-27(36)37)18-21-7-12-25(13-8-21)31(32,33)34/h5-15H,16-19H2,1-4H3,(H,36,37). The molecule has 206 valence electrons. The molecular weight excluding hydrogens is 507 g/mol. The number of halogens is 3. The van der Waals surface area contributed by atoms with Crippen LogP contribution in [0, 0.1) is 0 Å². The van der Waals surface area contributed by atoms with Crippen LogP contribution in [0.4, 0.5) is 13.2 Å². The molecule has 1 N–H and O–H groups in total. The molecule has 5 nitrogen and oxygen atoms in total. The molecule has 0 fully saturated rings. The van der Waals surface area contributed by atoms with Gasteiger partial charge in [-0.25, -0.2) is 0 Å². The molecule has 1 atom stereocenters. The highest BCUT2D eigenvalue weighted by Gasteiger charge is 2.36. The fourth-order valence-electron chi connectivity index (χ4n) is 4.87. The molecule has 1 aliphatic heterocycles. The van der Waals surface area contributed by atoms with E-state index in [0.717, 1.165) is 28.2 Å². The van der Waals surface area contributed by atoms with Gasteiger partial charge in [0.25, 0.3) is 5.91 Å². The number of carbonyl (C=O) groups excluding carboxylic acids is 1. The second-order valence-corrected chi connectivity index (χ2v) is 11.4. The highest BCUT2D eigenvalue weighted by atomic mass is 19.4. The van der Waals surface area contributed by atoms with Crippen LogP contribution in [0.5, 0.6) is 5.75 Å². The number of fused-ring (bicyclic) bond motifs is 1. The number of nitrogens with zero attached hydrogens (tertiary/aromatic N) is 1. The van der Waals surface area contributed by atoms with Crippen LogP contribution < -0.4 is 4.74 Å². The number of rotatable bonds is 7. The van der Waals surface area contributed by atoms with Crippen molar-refractivity contribution < 1.29 is 32.6 Å². The molecule has 0 spiro atoms. The summed E-state index contributed by atoms with van der Waals surface area (Å²) in [6.07, 6.45) is -3.23. The lowest BCUT2D eigenvalue weighted by Crippen LogP contribution is -2.35. The largest absolute Gasteiger partial charge is 0.487 e. The molecule has 0 radical (unpaired) electrons. The Morgan fingerprint density at radius 1 is 0.923 bits per heavy atom. The second-order valence-electron chi connectivity index (χ2n) is 11.4. The Kier molecular flexibility index (Phi) is 7.52. The maximum atomic E-state index is 13.3. The van der Waals surface area contributed by atoms with Crippen molar-refractivity contribution in [1.82, 2.24) is 4.90 Å². The Morgan fingerprint density at radius 3 is 2.08 bits per heavy atom. The molecule has 3 aromatic carbocycles. The predicted octanol–water partition coefficient (Wildman–Crippen LogP) is 6.67. The van der Waals surface area contributed by atoms with Gasteiger partial charge in [-0.05, 0) is 64.9 Å².